The van der Waals surface area contributed by atoms with Crippen molar-refractivity contribution in [3.05, 3.63) is 35.9 Å². The zero-order valence-corrected chi connectivity index (χ0v) is 25.9. The minimum absolute atomic E-state index is 0.00534. The third-order valence-corrected chi connectivity index (χ3v) is 9.91. The van der Waals surface area contributed by atoms with Gasteiger partial charge in [-0.2, -0.15) is 0 Å². The highest BCUT2D eigenvalue weighted by Crippen LogP contribution is 2.28. The molecule has 1 saturated carbocycles. The van der Waals surface area contributed by atoms with Gasteiger partial charge >= 0.3 is 0 Å². The van der Waals surface area contributed by atoms with Crippen LogP contribution in [0.1, 0.15) is 83.6 Å². The van der Waals surface area contributed by atoms with Crippen molar-refractivity contribution in [2.75, 3.05) is 24.7 Å². The molecule has 40 heavy (non-hydrogen) atoms. The topological polar surface area (TPSA) is 84.9 Å². The maximum atomic E-state index is 13.5. The van der Waals surface area contributed by atoms with Gasteiger partial charge in [0.05, 0.1) is 28.9 Å². The van der Waals surface area contributed by atoms with Crippen LogP contribution in [0.5, 0.6) is 0 Å². The summed E-state index contributed by atoms with van der Waals surface area (Å²) in [6.07, 6.45) is 10.4. The summed E-state index contributed by atoms with van der Waals surface area (Å²) < 4.78 is 0. The Kier molecular flexibility index (Phi) is 11.7. The summed E-state index contributed by atoms with van der Waals surface area (Å²) >= 11 is 7.53. The van der Waals surface area contributed by atoms with Crippen molar-refractivity contribution >= 4 is 40.8 Å². The summed E-state index contributed by atoms with van der Waals surface area (Å²) in [4.78, 5) is 31.2. The molecule has 2 atom stereocenters. The summed E-state index contributed by atoms with van der Waals surface area (Å²) in [5.74, 6) is 1.43. The van der Waals surface area contributed by atoms with Crippen LogP contribution < -0.4 is 10.6 Å². The molecule has 9 heteroatoms. The Labute approximate surface area is 250 Å². The Morgan fingerprint density at radius 3 is 2.48 bits per heavy atom. The molecule has 222 valence electrons. The fraction of sp³-hybridized carbons (Fsp3) is 0.710. The number of piperidine rings is 1. The number of nitrogens with one attached hydrogen (secondary N) is 2. The number of hydrogen-bond acceptors (Lipinski definition) is 6. The molecule has 0 radical (unpaired) electrons. The molecular weight excluding hydrogens is 541 g/mol. The number of nitrogens with zero attached hydrogens (tertiary/aromatic N) is 2. The quantitative estimate of drug-likeness (QED) is 0.329. The second kappa shape index (κ2) is 15.0. The lowest BCUT2D eigenvalue weighted by atomic mass is 9.85. The van der Waals surface area contributed by atoms with Crippen molar-refractivity contribution in [2.45, 2.75) is 108 Å². The first-order valence-electron chi connectivity index (χ1n) is 15.1. The van der Waals surface area contributed by atoms with Crippen LogP contribution in [-0.2, 0) is 16.1 Å². The average Bonchev–Trinajstić information content (AvgIpc) is 3.43. The van der Waals surface area contributed by atoms with Crippen molar-refractivity contribution in [1.82, 2.24) is 20.4 Å². The van der Waals surface area contributed by atoms with E-state index in [1.54, 1.807) is 30.5 Å². The molecule has 0 unspecified atom stereocenters. The number of rotatable bonds is 11. The monoisotopic (exact) mass is 588 g/mol. The molecule has 1 aromatic carbocycles. The van der Waals surface area contributed by atoms with Gasteiger partial charge in [-0.1, -0.05) is 74.7 Å². The zero-order chi connectivity index (χ0) is 28.5. The molecule has 3 N–H and O–H groups in total. The summed E-state index contributed by atoms with van der Waals surface area (Å²) in [7, 11) is 0. The van der Waals surface area contributed by atoms with Crippen LogP contribution in [0.25, 0.3) is 0 Å². The molecule has 1 aromatic rings. The number of amides is 2. The SMILES string of the molecule is CC(C)(O)CC(=O)N1CSC[C@H]1C(=O)N[C@H](CCC1CCCCC1)C(=S)NC1CCN(Cc2ccccc2)CC1. The van der Waals surface area contributed by atoms with Gasteiger partial charge in [0.1, 0.15) is 6.04 Å². The van der Waals surface area contributed by atoms with Crippen molar-refractivity contribution in [2.24, 2.45) is 5.92 Å². The maximum Gasteiger partial charge on any atom is 0.244 e. The predicted molar refractivity (Wildman–Crippen MR) is 167 cm³/mol. The van der Waals surface area contributed by atoms with Crippen LogP contribution in [0.3, 0.4) is 0 Å². The van der Waals surface area contributed by atoms with E-state index < -0.39 is 11.6 Å². The van der Waals surface area contributed by atoms with E-state index in [-0.39, 0.29) is 24.3 Å². The largest absolute Gasteiger partial charge is 0.390 e. The Bertz CT molecular complexity index is 973. The van der Waals surface area contributed by atoms with Gasteiger partial charge in [0.15, 0.2) is 0 Å². The summed E-state index contributed by atoms with van der Waals surface area (Å²) in [6.45, 7) is 6.26. The van der Waals surface area contributed by atoms with E-state index in [1.807, 2.05) is 0 Å². The lowest BCUT2D eigenvalue weighted by Crippen LogP contribution is -2.55. The maximum absolute atomic E-state index is 13.5. The van der Waals surface area contributed by atoms with Crippen molar-refractivity contribution in [3.63, 3.8) is 0 Å². The minimum atomic E-state index is -1.10. The van der Waals surface area contributed by atoms with Crippen LogP contribution >= 0.6 is 24.0 Å². The fourth-order valence-electron chi connectivity index (χ4n) is 6.17. The number of benzene rings is 1. The molecular formula is C31H48N4O3S2. The van der Waals surface area contributed by atoms with E-state index in [2.05, 4.69) is 45.9 Å². The van der Waals surface area contributed by atoms with Crippen LogP contribution in [0.15, 0.2) is 30.3 Å². The second-order valence-electron chi connectivity index (χ2n) is 12.6. The van der Waals surface area contributed by atoms with Gasteiger partial charge < -0.3 is 20.6 Å². The van der Waals surface area contributed by atoms with E-state index in [9.17, 15) is 14.7 Å². The minimum Gasteiger partial charge on any atom is -0.390 e. The summed E-state index contributed by atoms with van der Waals surface area (Å²) in [5.41, 5.74) is 0.242. The van der Waals surface area contributed by atoms with E-state index in [0.29, 0.717) is 23.6 Å². The lowest BCUT2D eigenvalue weighted by molar-refractivity contribution is -0.141. The van der Waals surface area contributed by atoms with Crippen LogP contribution in [0.4, 0.5) is 0 Å². The molecule has 0 bridgehead atoms. The number of thioether (sulfide) groups is 1. The molecule has 1 aliphatic carbocycles. The first-order chi connectivity index (χ1) is 19.2. The average molecular weight is 589 g/mol. The fourth-order valence-corrected chi connectivity index (χ4v) is 7.70. The molecule has 0 spiro atoms. The van der Waals surface area contributed by atoms with Crippen molar-refractivity contribution < 1.29 is 14.7 Å². The number of carbonyl (C=O) groups excluding carboxylic acids is 2. The molecule has 2 amide bonds. The van der Waals surface area contributed by atoms with E-state index in [0.717, 1.165) is 50.3 Å². The first-order valence-corrected chi connectivity index (χ1v) is 16.7. The van der Waals surface area contributed by atoms with Gasteiger partial charge in [-0.15, -0.1) is 11.8 Å². The third kappa shape index (κ3) is 9.71. The molecule has 0 aromatic heterocycles. The molecule has 2 saturated heterocycles. The van der Waals surface area contributed by atoms with E-state index in [1.165, 1.54) is 37.7 Å². The van der Waals surface area contributed by atoms with Gasteiger partial charge in [-0.25, -0.2) is 0 Å². The summed E-state index contributed by atoms with van der Waals surface area (Å²) in [6, 6.07) is 10.2. The Balaban J connectivity index is 1.33. The van der Waals surface area contributed by atoms with Gasteiger partial charge in [0, 0.05) is 31.4 Å². The number of carbonyl (C=O) groups is 2. The van der Waals surface area contributed by atoms with Crippen LogP contribution in [0, 0.1) is 5.92 Å². The number of likely N-dealkylation sites (tertiary alicyclic amines) is 1. The van der Waals surface area contributed by atoms with Crippen molar-refractivity contribution in [3.8, 4) is 0 Å². The zero-order valence-electron chi connectivity index (χ0n) is 24.3. The highest BCUT2D eigenvalue weighted by atomic mass is 32.2. The standard InChI is InChI=1S/C31H48N4O3S2/c1-31(2,38)19-28(36)35-22-40-21-27(35)29(37)33-26(14-13-23-9-5-3-6-10-23)30(39)32-25-15-17-34(18-16-25)20-24-11-7-4-8-12-24/h4,7-8,11-12,23,25-27,38H,3,5-6,9-10,13-22H2,1-2H3,(H,32,39)(H,33,37)/t26-,27+/m1/s1. The summed E-state index contributed by atoms with van der Waals surface area (Å²) in [5, 5.41) is 17.0. The third-order valence-electron chi connectivity index (χ3n) is 8.49. The van der Waals surface area contributed by atoms with Gasteiger partial charge in [0.2, 0.25) is 11.8 Å². The molecule has 3 fully saturated rings. The molecule has 3 aliphatic rings. The predicted octanol–water partition coefficient (Wildman–Crippen LogP) is 4.48. The number of hydrogen-bond donors (Lipinski definition) is 3. The lowest BCUT2D eigenvalue weighted by Gasteiger charge is -2.35. The van der Waals surface area contributed by atoms with Gasteiger partial charge in [0.25, 0.3) is 0 Å². The Morgan fingerprint density at radius 1 is 1.10 bits per heavy atom. The normalized spacial score (nSPS) is 22.2. The molecule has 4 rings (SSSR count). The van der Waals surface area contributed by atoms with E-state index in [4.69, 9.17) is 12.2 Å². The van der Waals surface area contributed by atoms with Gasteiger partial charge in [-0.3, -0.25) is 14.5 Å². The number of thiocarbonyl (C=S) groups is 1. The number of aliphatic hydroxyl groups is 1. The highest BCUT2D eigenvalue weighted by molar-refractivity contribution is 7.99. The smallest absolute Gasteiger partial charge is 0.244 e. The Hall–Kier alpha value is -1.68. The van der Waals surface area contributed by atoms with Gasteiger partial charge in [-0.05, 0) is 51.0 Å². The first kappa shape index (κ1) is 31.3. The van der Waals surface area contributed by atoms with Crippen molar-refractivity contribution in [1.29, 1.82) is 0 Å². The molecule has 2 aliphatic heterocycles. The van der Waals surface area contributed by atoms with Crippen LogP contribution in [0.2, 0.25) is 0 Å². The Morgan fingerprint density at radius 2 is 1.80 bits per heavy atom. The van der Waals surface area contributed by atoms with E-state index >= 15 is 0 Å². The molecule has 7 nitrogen and oxygen atoms in total. The molecule has 2 heterocycles. The second-order valence-corrected chi connectivity index (χ2v) is 14.0. The highest BCUT2D eigenvalue weighted by Gasteiger charge is 2.37. The van der Waals surface area contributed by atoms with Crippen LogP contribution in [-0.4, -0.2) is 80.2 Å².